The second-order valence-corrected chi connectivity index (χ2v) is 6.10. The minimum absolute atomic E-state index is 0.494. The second kappa shape index (κ2) is 7.33. The maximum atomic E-state index is 11.5. The van der Waals surface area contributed by atoms with E-state index in [1.165, 1.54) is 0 Å². The van der Waals surface area contributed by atoms with Crippen LogP contribution in [0, 0.1) is 5.92 Å². The van der Waals surface area contributed by atoms with Crippen molar-refractivity contribution >= 4 is 16.5 Å². The maximum Gasteiger partial charge on any atom is 0.119 e. The van der Waals surface area contributed by atoms with Crippen LogP contribution in [0.15, 0.2) is 24.3 Å². The first-order valence-corrected chi connectivity index (χ1v) is 7.40. The summed E-state index contributed by atoms with van der Waals surface area (Å²) in [6.07, 6.45) is 0.823. The predicted octanol–water partition coefficient (Wildman–Crippen LogP) is 2.44. The molecule has 1 unspecified atom stereocenters. The number of benzene rings is 1. The fourth-order valence-electron chi connectivity index (χ4n) is 1.43. The summed E-state index contributed by atoms with van der Waals surface area (Å²) >= 11 is 0. The van der Waals surface area contributed by atoms with Crippen LogP contribution in [0.3, 0.4) is 0 Å². The third kappa shape index (κ3) is 6.31. The van der Waals surface area contributed by atoms with Gasteiger partial charge in [-0.05, 0) is 36.6 Å². The van der Waals surface area contributed by atoms with E-state index in [9.17, 15) is 4.21 Å². The molecular formula is C13H21NO2S. The lowest BCUT2D eigenvalue weighted by Gasteiger charge is -2.07. The average Bonchev–Trinajstić information content (AvgIpc) is 2.26. The van der Waals surface area contributed by atoms with Gasteiger partial charge in [0.15, 0.2) is 0 Å². The van der Waals surface area contributed by atoms with Gasteiger partial charge in [-0.25, -0.2) is 0 Å². The van der Waals surface area contributed by atoms with Crippen molar-refractivity contribution in [2.75, 3.05) is 23.8 Å². The van der Waals surface area contributed by atoms with Crippen molar-refractivity contribution in [3.63, 3.8) is 0 Å². The number of rotatable bonds is 7. The molecule has 2 N–H and O–H groups in total. The molecule has 1 aromatic carbocycles. The normalized spacial score (nSPS) is 12.6. The van der Waals surface area contributed by atoms with Gasteiger partial charge < -0.3 is 10.5 Å². The fraction of sp³-hybridized carbons (Fsp3) is 0.538. The Kier molecular flexibility index (Phi) is 6.05. The Hall–Kier alpha value is -1.03. The second-order valence-electron chi connectivity index (χ2n) is 4.48. The van der Waals surface area contributed by atoms with Gasteiger partial charge in [0.25, 0.3) is 0 Å². The molecule has 0 saturated heterocycles. The van der Waals surface area contributed by atoms with Crippen LogP contribution in [-0.2, 0) is 10.8 Å². The summed E-state index contributed by atoms with van der Waals surface area (Å²) in [5, 5.41) is 0. The largest absolute Gasteiger partial charge is 0.494 e. The van der Waals surface area contributed by atoms with Crippen LogP contribution in [0.25, 0.3) is 0 Å². The van der Waals surface area contributed by atoms with E-state index in [2.05, 4.69) is 13.8 Å². The molecule has 17 heavy (non-hydrogen) atoms. The van der Waals surface area contributed by atoms with Crippen molar-refractivity contribution in [2.24, 2.45) is 5.92 Å². The fourth-order valence-corrected chi connectivity index (χ4v) is 2.78. The molecule has 1 aromatic rings. The molecule has 4 heteroatoms. The van der Waals surface area contributed by atoms with Crippen molar-refractivity contribution in [1.29, 1.82) is 0 Å². The Bertz CT molecular complexity index is 349. The highest BCUT2D eigenvalue weighted by molar-refractivity contribution is 7.84. The molecule has 0 fully saturated rings. The Morgan fingerprint density at radius 2 is 1.94 bits per heavy atom. The Balaban J connectivity index is 2.16. The highest BCUT2D eigenvalue weighted by Crippen LogP contribution is 2.13. The first-order valence-electron chi connectivity index (χ1n) is 5.91. The van der Waals surface area contributed by atoms with Crippen LogP contribution >= 0.6 is 0 Å². The molecular weight excluding hydrogens is 234 g/mol. The molecule has 0 amide bonds. The third-order valence-corrected chi connectivity index (χ3v) is 3.97. The summed E-state index contributed by atoms with van der Waals surface area (Å²) in [6.45, 7) is 4.78. The van der Waals surface area contributed by atoms with Crippen LogP contribution in [0.4, 0.5) is 5.69 Å². The van der Waals surface area contributed by atoms with Crippen LogP contribution in [0.5, 0.6) is 5.75 Å². The highest BCUT2D eigenvalue weighted by atomic mass is 32.2. The lowest BCUT2D eigenvalue weighted by atomic mass is 10.3. The van der Waals surface area contributed by atoms with Gasteiger partial charge in [-0.1, -0.05) is 13.8 Å². The molecule has 0 saturated carbocycles. The van der Waals surface area contributed by atoms with Gasteiger partial charge in [0, 0.05) is 28.0 Å². The quantitative estimate of drug-likeness (QED) is 0.601. The zero-order valence-corrected chi connectivity index (χ0v) is 11.3. The van der Waals surface area contributed by atoms with E-state index >= 15 is 0 Å². The molecule has 0 aliphatic rings. The number of anilines is 1. The SMILES string of the molecule is CC(C)CS(=O)CCCOc1ccc(N)cc1. The third-order valence-electron chi connectivity index (χ3n) is 2.18. The summed E-state index contributed by atoms with van der Waals surface area (Å²) in [5.41, 5.74) is 6.30. The Morgan fingerprint density at radius 1 is 1.29 bits per heavy atom. The molecule has 1 rings (SSSR count). The van der Waals surface area contributed by atoms with E-state index in [1.807, 2.05) is 24.3 Å². The first-order chi connectivity index (χ1) is 8.08. The van der Waals surface area contributed by atoms with E-state index in [-0.39, 0.29) is 0 Å². The van der Waals surface area contributed by atoms with Crippen LogP contribution in [-0.4, -0.2) is 22.3 Å². The summed E-state index contributed by atoms with van der Waals surface area (Å²) in [6, 6.07) is 7.32. The van der Waals surface area contributed by atoms with Gasteiger partial charge >= 0.3 is 0 Å². The van der Waals surface area contributed by atoms with Gasteiger partial charge in [0.05, 0.1) is 6.61 Å². The lowest BCUT2D eigenvalue weighted by Crippen LogP contribution is -2.10. The number of nitrogen functional groups attached to an aromatic ring is 1. The molecule has 0 aliphatic carbocycles. The van der Waals surface area contributed by atoms with Gasteiger partial charge in [0.2, 0.25) is 0 Å². The standard InChI is InChI=1S/C13H21NO2S/c1-11(2)10-17(15)9-3-8-16-13-6-4-12(14)5-7-13/h4-7,11H,3,8-10,14H2,1-2H3. The van der Waals surface area contributed by atoms with E-state index in [0.29, 0.717) is 18.3 Å². The number of hydrogen-bond donors (Lipinski definition) is 1. The van der Waals surface area contributed by atoms with Crippen molar-refractivity contribution in [1.82, 2.24) is 0 Å². The minimum atomic E-state index is -0.712. The lowest BCUT2D eigenvalue weighted by molar-refractivity contribution is 0.318. The summed E-state index contributed by atoms with van der Waals surface area (Å²) < 4.78 is 17.1. The maximum absolute atomic E-state index is 11.5. The molecule has 0 radical (unpaired) electrons. The highest BCUT2D eigenvalue weighted by Gasteiger charge is 2.03. The number of hydrogen-bond acceptors (Lipinski definition) is 3. The molecule has 1 atom stereocenters. The van der Waals surface area contributed by atoms with Gasteiger partial charge in [-0.3, -0.25) is 4.21 Å². The molecule has 0 bridgehead atoms. The molecule has 0 aromatic heterocycles. The summed E-state index contributed by atoms with van der Waals surface area (Å²) in [7, 11) is -0.712. The topological polar surface area (TPSA) is 52.3 Å². The number of ether oxygens (including phenoxy) is 1. The average molecular weight is 255 g/mol. The van der Waals surface area contributed by atoms with E-state index in [4.69, 9.17) is 10.5 Å². The van der Waals surface area contributed by atoms with Crippen molar-refractivity contribution in [3.05, 3.63) is 24.3 Å². The Labute approximate surface area is 106 Å². The minimum Gasteiger partial charge on any atom is -0.494 e. The molecule has 0 heterocycles. The first kappa shape index (κ1) is 14.0. The van der Waals surface area contributed by atoms with Crippen LogP contribution in [0.2, 0.25) is 0 Å². The molecule has 3 nitrogen and oxygen atoms in total. The van der Waals surface area contributed by atoms with Crippen LogP contribution < -0.4 is 10.5 Å². The zero-order chi connectivity index (χ0) is 12.7. The summed E-state index contributed by atoms with van der Waals surface area (Å²) in [5.74, 6) is 2.80. The zero-order valence-electron chi connectivity index (χ0n) is 10.5. The van der Waals surface area contributed by atoms with Crippen molar-refractivity contribution < 1.29 is 8.95 Å². The van der Waals surface area contributed by atoms with E-state index < -0.39 is 10.8 Å². The van der Waals surface area contributed by atoms with Crippen LogP contribution in [0.1, 0.15) is 20.3 Å². The smallest absolute Gasteiger partial charge is 0.119 e. The molecule has 96 valence electrons. The monoisotopic (exact) mass is 255 g/mol. The van der Waals surface area contributed by atoms with Gasteiger partial charge in [-0.2, -0.15) is 0 Å². The summed E-state index contributed by atoms with van der Waals surface area (Å²) in [4.78, 5) is 0. The van der Waals surface area contributed by atoms with E-state index in [1.54, 1.807) is 0 Å². The molecule has 0 spiro atoms. The number of nitrogens with two attached hydrogens (primary N) is 1. The van der Waals surface area contributed by atoms with Crippen molar-refractivity contribution in [3.8, 4) is 5.75 Å². The predicted molar refractivity (Wildman–Crippen MR) is 73.7 cm³/mol. The molecule has 0 aliphatic heterocycles. The van der Waals surface area contributed by atoms with Crippen molar-refractivity contribution in [2.45, 2.75) is 20.3 Å². The van der Waals surface area contributed by atoms with Gasteiger partial charge in [-0.15, -0.1) is 0 Å². The Morgan fingerprint density at radius 3 is 2.53 bits per heavy atom. The van der Waals surface area contributed by atoms with E-state index in [0.717, 1.165) is 23.6 Å². The van der Waals surface area contributed by atoms with Gasteiger partial charge in [0.1, 0.15) is 5.75 Å².